The van der Waals surface area contributed by atoms with Crippen LogP contribution < -0.4 is 10.1 Å². The van der Waals surface area contributed by atoms with Crippen LogP contribution in [0.15, 0.2) is 54.6 Å². The zero-order valence-electron chi connectivity index (χ0n) is 16.2. The van der Waals surface area contributed by atoms with Crippen molar-refractivity contribution in [2.24, 2.45) is 0 Å². The van der Waals surface area contributed by atoms with Gasteiger partial charge >= 0.3 is 0 Å². The lowest BCUT2D eigenvalue weighted by atomic mass is 10.1. The van der Waals surface area contributed by atoms with Gasteiger partial charge in [-0.25, -0.2) is 4.39 Å². The van der Waals surface area contributed by atoms with Gasteiger partial charge in [-0.15, -0.1) is 0 Å². The molecular formula is C22H21FN4O2. The summed E-state index contributed by atoms with van der Waals surface area (Å²) >= 11 is 0. The van der Waals surface area contributed by atoms with E-state index in [2.05, 4.69) is 33.1 Å². The van der Waals surface area contributed by atoms with Crippen molar-refractivity contribution in [3.63, 3.8) is 0 Å². The first-order valence-corrected chi connectivity index (χ1v) is 9.34. The predicted octanol–water partition coefficient (Wildman–Crippen LogP) is 4.38. The molecule has 4 aromatic rings. The molecular weight excluding hydrogens is 371 g/mol. The van der Waals surface area contributed by atoms with E-state index in [0.717, 1.165) is 34.6 Å². The number of aromatic amines is 1. The normalized spacial score (nSPS) is 11.0. The minimum atomic E-state index is -0.360. The van der Waals surface area contributed by atoms with Gasteiger partial charge in [-0.3, -0.25) is 9.89 Å². The van der Waals surface area contributed by atoms with Crippen molar-refractivity contribution in [1.29, 1.82) is 0 Å². The Balaban J connectivity index is 1.56. The number of anilines is 1. The molecule has 0 saturated carbocycles. The predicted molar refractivity (Wildman–Crippen MR) is 110 cm³/mol. The molecule has 2 aromatic carbocycles. The van der Waals surface area contributed by atoms with Crippen LogP contribution in [0.3, 0.4) is 0 Å². The number of fused-ring (bicyclic) bond motifs is 1. The van der Waals surface area contributed by atoms with Gasteiger partial charge in [0.2, 0.25) is 5.91 Å². The molecule has 0 aliphatic carbocycles. The maximum absolute atomic E-state index is 13.3. The molecule has 0 atom stereocenters. The van der Waals surface area contributed by atoms with Gasteiger partial charge in [-0.2, -0.15) is 5.10 Å². The highest BCUT2D eigenvalue weighted by atomic mass is 19.1. The second-order valence-electron chi connectivity index (χ2n) is 6.72. The van der Waals surface area contributed by atoms with Crippen LogP contribution in [0.4, 0.5) is 10.2 Å². The summed E-state index contributed by atoms with van der Waals surface area (Å²) in [6.45, 7) is 2.84. The molecule has 7 heteroatoms. The Labute approximate surface area is 167 Å². The van der Waals surface area contributed by atoms with Crippen molar-refractivity contribution >= 4 is 22.6 Å². The summed E-state index contributed by atoms with van der Waals surface area (Å²) in [4.78, 5) is 12.3. The van der Waals surface area contributed by atoms with Crippen LogP contribution in [0.5, 0.6) is 5.75 Å². The number of halogens is 1. The van der Waals surface area contributed by atoms with Gasteiger partial charge in [-0.1, -0.05) is 12.1 Å². The zero-order chi connectivity index (χ0) is 20.4. The molecule has 0 saturated heterocycles. The van der Waals surface area contributed by atoms with E-state index in [0.29, 0.717) is 11.4 Å². The van der Waals surface area contributed by atoms with E-state index in [1.54, 1.807) is 25.3 Å². The molecule has 0 spiro atoms. The first kappa shape index (κ1) is 18.7. The molecule has 6 nitrogen and oxygen atoms in total. The number of hydrogen-bond acceptors (Lipinski definition) is 3. The number of carbonyl (C=O) groups excluding carboxylic acids is 1. The van der Waals surface area contributed by atoms with Crippen molar-refractivity contribution < 1.29 is 13.9 Å². The molecule has 0 aliphatic rings. The molecule has 0 fully saturated rings. The number of amides is 1. The van der Waals surface area contributed by atoms with Crippen molar-refractivity contribution in [3.05, 3.63) is 66.0 Å². The van der Waals surface area contributed by atoms with Crippen LogP contribution in [0.25, 0.3) is 22.3 Å². The van der Waals surface area contributed by atoms with Gasteiger partial charge in [0, 0.05) is 24.1 Å². The molecule has 0 aliphatic heterocycles. The largest absolute Gasteiger partial charge is 0.497 e. The Kier molecular flexibility index (Phi) is 5.03. The van der Waals surface area contributed by atoms with Crippen LogP contribution in [-0.2, 0) is 17.8 Å². The molecule has 0 unspecified atom stereocenters. The summed E-state index contributed by atoms with van der Waals surface area (Å²) in [5.41, 5.74) is 3.43. The van der Waals surface area contributed by atoms with E-state index < -0.39 is 0 Å². The lowest BCUT2D eigenvalue weighted by molar-refractivity contribution is -0.115. The van der Waals surface area contributed by atoms with E-state index in [9.17, 15) is 9.18 Å². The standard InChI is InChI=1S/C22H21FN4O2/c1-3-27-19-12-17(29-2)8-7-15(19)11-20(27)18-13-21(26-25-18)24-22(28)10-14-5-4-6-16(23)9-14/h4-9,11-13H,3,10H2,1-2H3,(H2,24,25,26,28). The first-order chi connectivity index (χ1) is 14.1. The smallest absolute Gasteiger partial charge is 0.229 e. The molecule has 4 rings (SSSR count). The minimum absolute atomic E-state index is 0.0783. The van der Waals surface area contributed by atoms with Gasteiger partial charge in [0.1, 0.15) is 11.6 Å². The number of aromatic nitrogens is 3. The summed E-state index contributed by atoms with van der Waals surface area (Å²) in [6.07, 6.45) is 0.0783. The average molecular weight is 392 g/mol. The number of nitrogens with zero attached hydrogens (tertiary/aromatic N) is 2. The third kappa shape index (κ3) is 3.85. The highest BCUT2D eigenvalue weighted by molar-refractivity contribution is 5.92. The Bertz CT molecular complexity index is 1180. The summed E-state index contributed by atoms with van der Waals surface area (Å²) in [5.74, 6) is 0.606. The number of aryl methyl sites for hydroxylation is 1. The lowest BCUT2D eigenvalue weighted by Gasteiger charge is -2.07. The average Bonchev–Trinajstić information content (AvgIpc) is 3.31. The minimum Gasteiger partial charge on any atom is -0.497 e. The van der Waals surface area contributed by atoms with Crippen molar-refractivity contribution in [1.82, 2.24) is 14.8 Å². The fourth-order valence-electron chi connectivity index (χ4n) is 3.46. The summed E-state index contributed by atoms with van der Waals surface area (Å²) < 4.78 is 20.8. The molecule has 29 heavy (non-hydrogen) atoms. The highest BCUT2D eigenvalue weighted by Crippen LogP contribution is 2.30. The second-order valence-corrected chi connectivity index (χ2v) is 6.72. The highest BCUT2D eigenvalue weighted by Gasteiger charge is 2.14. The molecule has 2 heterocycles. The molecule has 0 bridgehead atoms. The number of rotatable bonds is 6. The van der Waals surface area contributed by atoms with Gasteiger partial charge < -0.3 is 14.6 Å². The fraction of sp³-hybridized carbons (Fsp3) is 0.182. The van der Waals surface area contributed by atoms with Gasteiger partial charge in [0.25, 0.3) is 0 Å². The Morgan fingerprint density at radius 1 is 1.21 bits per heavy atom. The maximum Gasteiger partial charge on any atom is 0.229 e. The van der Waals surface area contributed by atoms with E-state index in [4.69, 9.17) is 4.74 Å². The van der Waals surface area contributed by atoms with Gasteiger partial charge in [0.15, 0.2) is 5.82 Å². The number of carbonyl (C=O) groups is 1. The van der Waals surface area contributed by atoms with Gasteiger partial charge in [0.05, 0.1) is 30.4 Å². The molecule has 1 amide bonds. The Morgan fingerprint density at radius 2 is 2.07 bits per heavy atom. The second kappa shape index (κ2) is 7.79. The van der Waals surface area contributed by atoms with Crippen molar-refractivity contribution in [2.75, 3.05) is 12.4 Å². The molecule has 148 valence electrons. The third-order valence-electron chi connectivity index (χ3n) is 4.80. The Hall–Kier alpha value is -3.61. The fourth-order valence-corrected chi connectivity index (χ4v) is 3.46. The summed E-state index contributed by atoms with van der Waals surface area (Å²) in [7, 11) is 1.65. The Morgan fingerprint density at radius 3 is 2.83 bits per heavy atom. The van der Waals surface area contributed by atoms with Crippen LogP contribution >= 0.6 is 0 Å². The number of benzene rings is 2. The third-order valence-corrected chi connectivity index (χ3v) is 4.80. The van der Waals surface area contributed by atoms with Gasteiger partial charge in [-0.05, 0) is 42.8 Å². The SMILES string of the molecule is CCn1c(-c2cc(NC(=O)Cc3cccc(F)c3)n[nH]2)cc2ccc(OC)cc21. The molecule has 2 N–H and O–H groups in total. The number of nitrogens with one attached hydrogen (secondary N) is 2. The number of hydrogen-bond donors (Lipinski definition) is 2. The van der Waals surface area contributed by atoms with E-state index >= 15 is 0 Å². The van der Waals surface area contributed by atoms with Crippen LogP contribution in [-0.4, -0.2) is 27.8 Å². The molecule has 0 radical (unpaired) electrons. The zero-order valence-corrected chi connectivity index (χ0v) is 16.2. The quantitative estimate of drug-likeness (QED) is 0.511. The van der Waals surface area contributed by atoms with Crippen LogP contribution in [0, 0.1) is 5.82 Å². The summed E-state index contributed by atoms with van der Waals surface area (Å²) in [6, 6.07) is 15.8. The van der Waals surface area contributed by atoms with E-state index in [1.807, 2.05) is 18.2 Å². The number of H-pyrrole nitrogens is 1. The van der Waals surface area contributed by atoms with Crippen LogP contribution in [0.2, 0.25) is 0 Å². The van der Waals surface area contributed by atoms with E-state index in [1.165, 1.54) is 12.1 Å². The van der Waals surface area contributed by atoms with Crippen molar-refractivity contribution in [2.45, 2.75) is 19.9 Å². The molecule has 2 aromatic heterocycles. The van der Waals surface area contributed by atoms with E-state index in [-0.39, 0.29) is 18.1 Å². The van der Waals surface area contributed by atoms with Crippen LogP contribution in [0.1, 0.15) is 12.5 Å². The topological polar surface area (TPSA) is 71.9 Å². The maximum atomic E-state index is 13.3. The number of methoxy groups -OCH3 is 1. The monoisotopic (exact) mass is 392 g/mol. The summed E-state index contributed by atoms with van der Waals surface area (Å²) in [5, 5.41) is 11.0. The lowest BCUT2D eigenvalue weighted by Crippen LogP contribution is -2.14. The number of ether oxygens (including phenoxy) is 1. The first-order valence-electron chi connectivity index (χ1n) is 9.34. The van der Waals surface area contributed by atoms with Crippen molar-refractivity contribution in [3.8, 4) is 17.1 Å².